The maximum atomic E-state index is 10.9. The summed E-state index contributed by atoms with van der Waals surface area (Å²) >= 11 is 0. The smallest absolute Gasteiger partial charge is 0.166 e. The zero-order valence-electron chi connectivity index (χ0n) is 12.6. The molecule has 112 valence electrons. The Morgan fingerprint density at radius 3 is 2.65 bits per heavy atom. The molecule has 0 radical (unpaired) electrons. The van der Waals surface area contributed by atoms with Crippen LogP contribution in [-0.2, 0) is 0 Å². The van der Waals surface area contributed by atoms with Gasteiger partial charge in [0, 0.05) is 17.5 Å². The summed E-state index contributed by atoms with van der Waals surface area (Å²) in [6, 6.07) is 5.61. The number of aliphatic hydroxyl groups is 1. The van der Waals surface area contributed by atoms with Gasteiger partial charge in [-0.2, -0.15) is 0 Å². The largest absolute Gasteiger partial charge is 0.493 e. The molecule has 1 aliphatic carbocycles. The highest BCUT2D eigenvalue weighted by Gasteiger charge is 2.44. The van der Waals surface area contributed by atoms with Gasteiger partial charge in [-0.25, -0.2) is 0 Å². The second-order valence-electron chi connectivity index (χ2n) is 5.90. The first-order chi connectivity index (χ1) is 9.57. The zero-order chi connectivity index (χ0) is 14.8. The topological polar surface area (TPSA) is 64.7 Å². The standard InChI is InChI=1S/C16H25NO3/c1-11-7-8-16(9-11,10-17)15(18)12-5-4-6-13(19-2)14(12)20-3/h4-6,11,15,18H,7-10,17H2,1-3H3. The van der Waals surface area contributed by atoms with Crippen LogP contribution >= 0.6 is 0 Å². The van der Waals surface area contributed by atoms with Gasteiger partial charge in [-0.1, -0.05) is 25.5 Å². The first-order valence-electron chi connectivity index (χ1n) is 7.17. The van der Waals surface area contributed by atoms with Crippen LogP contribution < -0.4 is 15.2 Å². The second kappa shape index (κ2) is 6.02. The molecule has 0 saturated heterocycles. The molecule has 0 amide bonds. The maximum Gasteiger partial charge on any atom is 0.166 e. The summed E-state index contributed by atoms with van der Waals surface area (Å²) in [7, 11) is 3.20. The summed E-state index contributed by atoms with van der Waals surface area (Å²) in [4.78, 5) is 0. The lowest BCUT2D eigenvalue weighted by Crippen LogP contribution is -2.34. The highest BCUT2D eigenvalue weighted by atomic mass is 16.5. The number of methoxy groups -OCH3 is 2. The normalized spacial score (nSPS) is 27.4. The number of rotatable bonds is 5. The summed E-state index contributed by atoms with van der Waals surface area (Å²) < 4.78 is 10.7. The van der Waals surface area contributed by atoms with Gasteiger partial charge in [0.15, 0.2) is 11.5 Å². The zero-order valence-corrected chi connectivity index (χ0v) is 12.6. The van der Waals surface area contributed by atoms with E-state index in [4.69, 9.17) is 15.2 Å². The third kappa shape index (κ3) is 2.50. The van der Waals surface area contributed by atoms with Crippen molar-refractivity contribution < 1.29 is 14.6 Å². The highest BCUT2D eigenvalue weighted by Crippen LogP contribution is 2.51. The van der Waals surface area contributed by atoms with Gasteiger partial charge in [0.1, 0.15) is 0 Å². The Balaban J connectivity index is 2.40. The van der Waals surface area contributed by atoms with Crippen LogP contribution in [0.2, 0.25) is 0 Å². The van der Waals surface area contributed by atoms with Crippen molar-refractivity contribution in [3.63, 3.8) is 0 Å². The fourth-order valence-electron chi connectivity index (χ4n) is 3.43. The quantitative estimate of drug-likeness (QED) is 0.869. The molecular formula is C16H25NO3. The van der Waals surface area contributed by atoms with E-state index in [1.807, 2.05) is 18.2 Å². The minimum Gasteiger partial charge on any atom is -0.493 e. The molecular weight excluding hydrogens is 254 g/mol. The average Bonchev–Trinajstić information content (AvgIpc) is 2.88. The molecule has 3 unspecified atom stereocenters. The molecule has 3 N–H and O–H groups in total. The fourth-order valence-corrected chi connectivity index (χ4v) is 3.43. The van der Waals surface area contributed by atoms with Crippen LogP contribution in [-0.4, -0.2) is 25.9 Å². The summed E-state index contributed by atoms with van der Waals surface area (Å²) in [5.41, 5.74) is 6.52. The van der Waals surface area contributed by atoms with E-state index in [2.05, 4.69) is 6.92 Å². The molecule has 2 rings (SSSR count). The van der Waals surface area contributed by atoms with Crippen LogP contribution in [0.3, 0.4) is 0 Å². The van der Waals surface area contributed by atoms with E-state index in [9.17, 15) is 5.11 Å². The Hall–Kier alpha value is -1.26. The lowest BCUT2D eigenvalue weighted by atomic mass is 9.76. The van der Waals surface area contributed by atoms with E-state index in [0.29, 0.717) is 24.0 Å². The Morgan fingerprint density at radius 1 is 1.40 bits per heavy atom. The number of para-hydroxylation sites is 1. The van der Waals surface area contributed by atoms with Crippen LogP contribution in [0.5, 0.6) is 11.5 Å². The van der Waals surface area contributed by atoms with Crippen molar-refractivity contribution in [2.24, 2.45) is 17.1 Å². The van der Waals surface area contributed by atoms with Gasteiger partial charge in [0.25, 0.3) is 0 Å². The molecule has 3 atom stereocenters. The number of hydrogen-bond donors (Lipinski definition) is 2. The van der Waals surface area contributed by atoms with E-state index < -0.39 is 6.10 Å². The lowest BCUT2D eigenvalue weighted by Gasteiger charge is -2.34. The molecule has 0 aromatic heterocycles. The fraction of sp³-hybridized carbons (Fsp3) is 0.625. The van der Waals surface area contributed by atoms with Gasteiger partial charge in [-0.05, 0) is 24.8 Å². The van der Waals surface area contributed by atoms with Crippen LogP contribution in [0.15, 0.2) is 18.2 Å². The molecule has 0 heterocycles. The third-order valence-electron chi connectivity index (χ3n) is 4.60. The summed E-state index contributed by atoms with van der Waals surface area (Å²) in [6.45, 7) is 2.70. The molecule has 1 fully saturated rings. The number of hydrogen-bond acceptors (Lipinski definition) is 4. The van der Waals surface area contributed by atoms with Crippen molar-refractivity contribution in [1.82, 2.24) is 0 Å². The predicted octanol–water partition coefficient (Wildman–Crippen LogP) is 2.50. The Labute approximate surface area is 120 Å². The van der Waals surface area contributed by atoms with Crippen molar-refractivity contribution in [2.75, 3.05) is 20.8 Å². The van der Waals surface area contributed by atoms with Crippen molar-refractivity contribution in [1.29, 1.82) is 0 Å². The predicted molar refractivity (Wildman–Crippen MR) is 79.0 cm³/mol. The lowest BCUT2D eigenvalue weighted by molar-refractivity contribution is 0.0287. The second-order valence-corrected chi connectivity index (χ2v) is 5.90. The molecule has 1 aromatic carbocycles. The van der Waals surface area contributed by atoms with Crippen LogP contribution in [0.1, 0.15) is 37.9 Å². The summed E-state index contributed by atoms with van der Waals surface area (Å²) in [6.07, 6.45) is 2.39. The Bertz CT molecular complexity index is 463. The van der Waals surface area contributed by atoms with Crippen molar-refractivity contribution in [3.8, 4) is 11.5 Å². The number of nitrogens with two attached hydrogens (primary N) is 1. The summed E-state index contributed by atoms with van der Waals surface area (Å²) in [5.74, 6) is 1.85. The van der Waals surface area contributed by atoms with Gasteiger partial charge in [-0.15, -0.1) is 0 Å². The minimum atomic E-state index is -0.623. The molecule has 1 saturated carbocycles. The van der Waals surface area contributed by atoms with Crippen LogP contribution in [0, 0.1) is 11.3 Å². The maximum absolute atomic E-state index is 10.9. The average molecular weight is 279 g/mol. The van der Waals surface area contributed by atoms with Crippen molar-refractivity contribution in [3.05, 3.63) is 23.8 Å². The van der Waals surface area contributed by atoms with Crippen molar-refractivity contribution >= 4 is 0 Å². The SMILES string of the molecule is COc1cccc(C(O)C2(CN)CCC(C)C2)c1OC. The van der Waals surface area contributed by atoms with Gasteiger partial charge in [0.05, 0.1) is 20.3 Å². The molecule has 0 aliphatic heterocycles. The van der Waals surface area contributed by atoms with E-state index in [1.165, 1.54) is 0 Å². The van der Waals surface area contributed by atoms with Crippen LogP contribution in [0.25, 0.3) is 0 Å². The Kier molecular flexibility index (Phi) is 4.55. The number of aliphatic hydroxyl groups excluding tert-OH is 1. The number of benzene rings is 1. The molecule has 0 spiro atoms. The molecule has 1 aliphatic rings. The summed E-state index contributed by atoms with van der Waals surface area (Å²) in [5, 5.41) is 10.9. The van der Waals surface area contributed by atoms with E-state index in [-0.39, 0.29) is 5.41 Å². The first kappa shape index (κ1) is 15.1. The van der Waals surface area contributed by atoms with Gasteiger partial charge < -0.3 is 20.3 Å². The molecule has 0 bridgehead atoms. The van der Waals surface area contributed by atoms with Gasteiger partial charge in [-0.3, -0.25) is 0 Å². The van der Waals surface area contributed by atoms with E-state index in [0.717, 1.165) is 24.8 Å². The van der Waals surface area contributed by atoms with Gasteiger partial charge >= 0.3 is 0 Å². The first-order valence-corrected chi connectivity index (χ1v) is 7.17. The molecule has 1 aromatic rings. The van der Waals surface area contributed by atoms with E-state index in [1.54, 1.807) is 14.2 Å². The molecule has 4 nitrogen and oxygen atoms in total. The molecule has 20 heavy (non-hydrogen) atoms. The highest BCUT2D eigenvalue weighted by molar-refractivity contribution is 5.48. The third-order valence-corrected chi connectivity index (χ3v) is 4.60. The minimum absolute atomic E-state index is 0.251. The van der Waals surface area contributed by atoms with Gasteiger partial charge in [0.2, 0.25) is 0 Å². The van der Waals surface area contributed by atoms with Crippen LogP contribution in [0.4, 0.5) is 0 Å². The van der Waals surface area contributed by atoms with E-state index >= 15 is 0 Å². The monoisotopic (exact) mass is 279 g/mol. The van der Waals surface area contributed by atoms with Crippen molar-refractivity contribution in [2.45, 2.75) is 32.3 Å². The number of ether oxygens (including phenoxy) is 2. The molecule has 4 heteroatoms. The Morgan fingerprint density at radius 2 is 2.15 bits per heavy atom.